The van der Waals surface area contributed by atoms with E-state index in [-0.39, 0.29) is 23.9 Å². The first kappa shape index (κ1) is 12.1. The van der Waals surface area contributed by atoms with Crippen molar-refractivity contribution in [3.63, 3.8) is 0 Å². The summed E-state index contributed by atoms with van der Waals surface area (Å²) in [5, 5.41) is 0. The average Bonchev–Trinajstić information content (AvgIpc) is 2.71. The number of amides is 2. The number of fused-ring (bicyclic) bond motifs is 2. The molecule has 3 fully saturated rings. The van der Waals surface area contributed by atoms with Crippen LogP contribution in [0.1, 0.15) is 44.9 Å². The Labute approximate surface area is 107 Å². The molecule has 1 aliphatic carbocycles. The van der Waals surface area contributed by atoms with Crippen molar-refractivity contribution in [1.82, 2.24) is 4.90 Å². The van der Waals surface area contributed by atoms with E-state index in [1.54, 1.807) is 0 Å². The van der Waals surface area contributed by atoms with Gasteiger partial charge in [-0.2, -0.15) is 0 Å². The summed E-state index contributed by atoms with van der Waals surface area (Å²) in [6, 6.07) is -0.183. The second-order valence-corrected chi connectivity index (χ2v) is 5.61. The second kappa shape index (κ2) is 4.63. The van der Waals surface area contributed by atoms with Crippen LogP contribution in [0.25, 0.3) is 0 Å². The SMILES string of the molecule is NC1CCCCCC1N1C(=O)C2CCC(O2)C1=O. The Kier molecular flexibility index (Phi) is 3.11. The van der Waals surface area contributed by atoms with Gasteiger partial charge in [0.05, 0.1) is 6.04 Å². The highest BCUT2D eigenvalue weighted by atomic mass is 16.5. The Morgan fingerprint density at radius 2 is 1.56 bits per heavy atom. The van der Waals surface area contributed by atoms with Crippen LogP contribution in [-0.2, 0) is 14.3 Å². The van der Waals surface area contributed by atoms with Crippen molar-refractivity contribution in [2.45, 2.75) is 69.2 Å². The van der Waals surface area contributed by atoms with Crippen molar-refractivity contribution in [2.24, 2.45) is 5.73 Å². The number of rotatable bonds is 1. The first-order valence-corrected chi connectivity index (χ1v) is 6.96. The Hall–Kier alpha value is -0.940. The molecule has 3 rings (SSSR count). The zero-order valence-corrected chi connectivity index (χ0v) is 10.5. The van der Waals surface area contributed by atoms with E-state index in [1.165, 1.54) is 4.90 Å². The first-order valence-electron chi connectivity index (χ1n) is 6.96. The Balaban J connectivity index is 1.85. The molecule has 100 valence electrons. The number of imide groups is 1. The number of hydrogen-bond acceptors (Lipinski definition) is 4. The third-order valence-corrected chi connectivity index (χ3v) is 4.41. The van der Waals surface area contributed by atoms with Crippen LogP contribution in [0, 0.1) is 0 Å². The standard InChI is InChI=1S/C13H20N2O3/c14-8-4-2-1-3-5-9(8)15-12(16)10-6-7-11(18-10)13(15)17/h8-11H,1-7,14H2. The highest BCUT2D eigenvalue weighted by Crippen LogP contribution is 2.32. The third kappa shape index (κ3) is 1.86. The summed E-state index contributed by atoms with van der Waals surface area (Å²) in [4.78, 5) is 26.0. The topological polar surface area (TPSA) is 72.6 Å². The predicted octanol–water partition coefficient (Wildman–Crippen LogP) is 0.563. The van der Waals surface area contributed by atoms with Gasteiger partial charge in [0.2, 0.25) is 0 Å². The van der Waals surface area contributed by atoms with E-state index in [4.69, 9.17) is 10.5 Å². The summed E-state index contributed by atoms with van der Waals surface area (Å²) in [5.74, 6) is -0.313. The molecule has 0 aromatic carbocycles. The number of hydrogen-bond donors (Lipinski definition) is 1. The zero-order chi connectivity index (χ0) is 12.7. The molecule has 0 aromatic heterocycles. The predicted molar refractivity (Wildman–Crippen MR) is 64.6 cm³/mol. The van der Waals surface area contributed by atoms with Gasteiger partial charge in [-0.1, -0.05) is 19.3 Å². The van der Waals surface area contributed by atoms with Crippen molar-refractivity contribution in [3.8, 4) is 0 Å². The fourth-order valence-electron chi connectivity index (χ4n) is 3.38. The van der Waals surface area contributed by atoms with Crippen molar-refractivity contribution in [1.29, 1.82) is 0 Å². The number of nitrogens with zero attached hydrogens (tertiary/aromatic N) is 1. The van der Waals surface area contributed by atoms with E-state index in [1.807, 2.05) is 0 Å². The van der Waals surface area contributed by atoms with Crippen LogP contribution in [0.5, 0.6) is 0 Å². The maximum absolute atomic E-state index is 12.3. The van der Waals surface area contributed by atoms with Gasteiger partial charge in [0.25, 0.3) is 11.8 Å². The summed E-state index contributed by atoms with van der Waals surface area (Å²) < 4.78 is 5.43. The molecule has 2 bridgehead atoms. The summed E-state index contributed by atoms with van der Waals surface area (Å²) in [6.45, 7) is 0. The molecule has 0 aromatic rings. The molecule has 2 heterocycles. The third-order valence-electron chi connectivity index (χ3n) is 4.41. The van der Waals surface area contributed by atoms with Gasteiger partial charge in [-0.3, -0.25) is 14.5 Å². The maximum atomic E-state index is 12.3. The summed E-state index contributed by atoms with van der Waals surface area (Å²) in [7, 11) is 0. The largest absolute Gasteiger partial charge is 0.355 e. The number of nitrogens with two attached hydrogens (primary N) is 1. The molecule has 18 heavy (non-hydrogen) atoms. The van der Waals surface area contributed by atoms with Gasteiger partial charge in [0.15, 0.2) is 0 Å². The number of ether oxygens (including phenoxy) is 1. The fourth-order valence-corrected chi connectivity index (χ4v) is 3.38. The molecule has 0 radical (unpaired) electrons. The van der Waals surface area contributed by atoms with E-state index >= 15 is 0 Å². The lowest BCUT2D eigenvalue weighted by atomic mass is 10.0. The molecule has 5 nitrogen and oxygen atoms in total. The van der Waals surface area contributed by atoms with Crippen LogP contribution in [0.15, 0.2) is 0 Å². The van der Waals surface area contributed by atoms with Crippen LogP contribution < -0.4 is 5.73 Å². The van der Waals surface area contributed by atoms with Crippen LogP contribution in [0.3, 0.4) is 0 Å². The van der Waals surface area contributed by atoms with Gasteiger partial charge in [0.1, 0.15) is 12.2 Å². The van der Waals surface area contributed by atoms with E-state index in [9.17, 15) is 9.59 Å². The van der Waals surface area contributed by atoms with Crippen molar-refractivity contribution in [3.05, 3.63) is 0 Å². The van der Waals surface area contributed by atoms with E-state index in [0.717, 1.165) is 32.1 Å². The van der Waals surface area contributed by atoms with Gasteiger partial charge in [-0.15, -0.1) is 0 Å². The molecule has 2 amide bonds. The Bertz CT molecular complexity index is 349. The highest BCUT2D eigenvalue weighted by molar-refractivity contribution is 6.02. The fraction of sp³-hybridized carbons (Fsp3) is 0.846. The lowest BCUT2D eigenvalue weighted by Gasteiger charge is -2.38. The number of morpholine rings is 1. The average molecular weight is 252 g/mol. The minimum absolute atomic E-state index is 0.0714. The minimum Gasteiger partial charge on any atom is -0.355 e. The highest BCUT2D eigenvalue weighted by Gasteiger charge is 2.49. The van der Waals surface area contributed by atoms with Crippen LogP contribution in [-0.4, -0.2) is 41.0 Å². The monoisotopic (exact) mass is 252 g/mol. The molecule has 3 aliphatic rings. The molecule has 5 heteroatoms. The molecule has 4 unspecified atom stereocenters. The normalized spacial score (nSPS) is 41.1. The lowest BCUT2D eigenvalue weighted by molar-refractivity contribution is -0.172. The molecule has 0 spiro atoms. The smallest absolute Gasteiger partial charge is 0.258 e. The van der Waals surface area contributed by atoms with Gasteiger partial charge in [0, 0.05) is 6.04 Å². The van der Waals surface area contributed by atoms with E-state index < -0.39 is 12.2 Å². The van der Waals surface area contributed by atoms with Crippen LogP contribution >= 0.6 is 0 Å². The minimum atomic E-state index is -0.400. The van der Waals surface area contributed by atoms with Gasteiger partial charge < -0.3 is 10.5 Å². The summed E-state index contributed by atoms with van der Waals surface area (Å²) >= 11 is 0. The molecule has 1 saturated carbocycles. The Morgan fingerprint density at radius 1 is 0.944 bits per heavy atom. The molecule has 2 N–H and O–H groups in total. The van der Waals surface area contributed by atoms with Crippen LogP contribution in [0.4, 0.5) is 0 Å². The van der Waals surface area contributed by atoms with Crippen molar-refractivity contribution < 1.29 is 14.3 Å². The maximum Gasteiger partial charge on any atom is 0.258 e. The second-order valence-electron chi connectivity index (χ2n) is 5.61. The molecular formula is C13H20N2O3. The van der Waals surface area contributed by atoms with Crippen molar-refractivity contribution >= 4 is 11.8 Å². The van der Waals surface area contributed by atoms with E-state index in [0.29, 0.717) is 12.8 Å². The molecular weight excluding hydrogens is 232 g/mol. The quantitative estimate of drug-likeness (QED) is 0.547. The lowest BCUT2D eigenvalue weighted by Crippen LogP contribution is -2.60. The summed E-state index contributed by atoms with van der Waals surface area (Å²) in [6.07, 6.45) is 5.58. The zero-order valence-electron chi connectivity index (χ0n) is 10.5. The number of carbonyl (C=O) groups is 2. The summed E-state index contributed by atoms with van der Waals surface area (Å²) in [5.41, 5.74) is 6.16. The van der Waals surface area contributed by atoms with Gasteiger partial charge in [-0.25, -0.2) is 0 Å². The number of likely N-dealkylation sites (tertiary alicyclic amines) is 1. The molecule has 2 saturated heterocycles. The van der Waals surface area contributed by atoms with Crippen molar-refractivity contribution in [2.75, 3.05) is 0 Å². The van der Waals surface area contributed by atoms with E-state index in [2.05, 4.69) is 0 Å². The van der Waals surface area contributed by atoms with Gasteiger partial charge >= 0.3 is 0 Å². The number of carbonyl (C=O) groups excluding carboxylic acids is 2. The molecule has 4 atom stereocenters. The van der Waals surface area contributed by atoms with Gasteiger partial charge in [-0.05, 0) is 25.7 Å². The first-order chi connectivity index (χ1) is 8.68. The van der Waals surface area contributed by atoms with Crippen LogP contribution in [0.2, 0.25) is 0 Å². The molecule has 2 aliphatic heterocycles. The Morgan fingerprint density at radius 3 is 2.22 bits per heavy atom.